The van der Waals surface area contributed by atoms with Crippen molar-refractivity contribution in [1.29, 1.82) is 0 Å². The van der Waals surface area contributed by atoms with Crippen molar-refractivity contribution in [2.24, 2.45) is 17.8 Å². The molecule has 1 aromatic carbocycles. The number of hydrogen-bond donors (Lipinski definition) is 0. The molecule has 1 aromatic heterocycles. The van der Waals surface area contributed by atoms with Crippen molar-refractivity contribution >= 4 is 11.9 Å². The fourth-order valence-electron chi connectivity index (χ4n) is 5.94. The van der Waals surface area contributed by atoms with Gasteiger partial charge in [-0.1, -0.05) is 25.1 Å². The van der Waals surface area contributed by atoms with Crippen LogP contribution in [0.1, 0.15) is 69.7 Å². The van der Waals surface area contributed by atoms with E-state index in [1.54, 1.807) is 24.1 Å². The quantitative estimate of drug-likeness (QED) is 0.437. The van der Waals surface area contributed by atoms with E-state index >= 15 is 0 Å². The van der Waals surface area contributed by atoms with Gasteiger partial charge in [0.25, 0.3) is 0 Å². The molecule has 1 amide bonds. The van der Waals surface area contributed by atoms with E-state index in [9.17, 15) is 9.18 Å². The van der Waals surface area contributed by atoms with Crippen LogP contribution in [0.25, 0.3) is 0 Å². The Kier molecular flexibility index (Phi) is 8.51. The number of halogens is 1. The standard InChI is InChI=1S/C29H41FN4O4/c1-19(2)28-31-29(38-32-28)34-11-6-20(7-12-34)25-16-21(25)8-15-37-24-5-4-22(26(30)18-24)17-27(35)33(3)23-9-13-36-14-10-23/h4-5,18-21,23,25H,6-17H2,1-3H3. The second kappa shape index (κ2) is 12.0. The van der Waals surface area contributed by atoms with E-state index in [4.69, 9.17) is 14.0 Å². The average molecular weight is 529 g/mol. The number of ether oxygens (including phenoxy) is 2. The maximum Gasteiger partial charge on any atom is 0.324 e. The minimum Gasteiger partial charge on any atom is -0.493 e. The Hall–Kier alpha value is -2.68. The van der Waals surface area contributed by atoms with Gasteiger partial charge in [-0.25, -0.2) is 4.39 Å². The van der Waals surface area contributed by atoms with Crippen molar-refractivity contribution in [3.05, 3.63) is 35.4 Å². The van der Waals surface area contributed by atoms with Crippen LogP contribution < -0.4 is 9.64 Å². The third-order valence-electron chi connectivity index (χ3n) is 8.60. The molecule has 5 rings (SSSR count). The Labute approximate surface area is 224 Å². The molecule has 2 aliphatic heterocycles. The first-order valence-electron chi connectivity index (χ1n) is 14.2. The molecule has 2 saturated heterocycles. The van der Waals surface area contributed by atoms with Crippen LogP contribution in [-0.4, -0.2) is 66.9 Å². The molecule has 2 atom stereocenters. The van der Waals surface area contributed by atoms with E-state index in [1.807, 2.05) is 0 Å². The number of hydrogen-bond acceptors (Lipinski definition) is 7. The number of benzene rings is 1. The lowest BCUT2D eigenvalue weighted by atomic mass is 9.90. The number of anilines is 1. The lowest BCUT2D eigenvalue weighted by Gasteiger charge is -2.31. The number of aromatic nitrogens is 2. The number of rotatable bonds is 10. The molecular weight excluding hydrogens is 487 g/mol. The first-order valence-corrected chi connectivity index (χ1v) is 14.2. The smallest absolute Gasteiger partial charge is 0.324 e. The van der Waals surface area contributed by atoms with Gasteiger partial charge in [0, 0.05) is 51.4 Å². The highest BCUT2D eigenvalue weighted by molar-refractivity contribution is 5.79. The van der Waals surface area contributed by atoms with Gasteiger partial charge in [0.05, 0.1) is 13.0 Å². The monoisotopic (exact) mass is 528 g/mol. The summed E-state index contributed by atoms with van der Waals surface area (Å²) in [6.07, 6.45) is 6.27. The van der Waals surface area contributed by atoms with Gasteiger partial charge in [-0.15, -0.1) is 0 Å². The van der Waals surface area contributed by atoms with Crippen molar-refractivity contribution in [3.63, 3.8) is 0 Å². The van der Waals surface area contributed by atoms with Gasteiger partial charge >= 0.3 is 6.01 Å². The topological polar surface area (TPSA) is 80.9 Å². The number of carbonyl (C=O) groups excluding carboxylic acids is 1. The number of amides is 1. The summed E-state index contributed by atoms with van der Waals surface area (Å²) in [6.45, 7) is 7.99. The highest BCUT2D eigenvalue weighted by Gasteiger charge is 2.43. The van der Waals surface area contributed by atoms with Crippen molar-refractivity contribution in [2.45, 2.75) is 70.8 Å². The molecule has 1 saturated carbocycles. The van der Waals surface area contributed by atoms with Gasteiger partial charge < -0.3 is 23.8 Å². The molecule has 3 fully saturated rings. The Morgan fingerprint density at radius 2 is 1.97 bits per heavy atom. The van der Waals surface area contributed by atoms with Crippen LogP contribution in [0.4, 0.5) is 10.4 Å². The molecular formula is C29H41FN4O4. The fourth-order valence-corrected chi connectivity index (χ4v) is 5.94. The highest BCUT2D eigenvalue weighted by Crippen LogP contribution is 2.50. The molecule has 0 N–H and O–H groups in total. The minimum absolute atomic E-state index is 0.0625. The molecule has 208 valence electrons. The molecule has 1 aliphatic carbocycles. The number of nitrogens with zero attached hydrogens (tertiary/aromatic N) is 4. The van der Waals surface area contributed by atoms with Crippen molar-refractivity contribution in [1.82, 2.24) is 15.0 Å². The molecule has 2 unspecified atom stereocenters. The number of carbonyl (C=O) groups is 1. The van der Waals surface area contributed by atoms with Crippen molar-refractivity contribution < 1.29 is 23.2 Å². The fraction of sp³-hybridized carbons (Fsp3) is 0.690. The summed E-state index contributed by atoms with van der Waals surface area (Å²) in [4.78, 5) is 21.2. The molecule has 8 nitrogen and oxygen atoms in total. The summed E-state index contributed by atoms with van der Waals surface area (Å²) >= 11 is 0. The molecule has 0 radical (unpaired) electrons. The van der Waals surface area contributed by atoms with Gasteiger partial charge in [-0.05, 0) is 67.9 Å². The molecule has 2 aromatic rings. The largest absolute Gasteiger partial charge is 0.493 e. The second-order valence-electron chi connectivity index (χ2n) is 11.5. The van der Waals surface area contributed by atoms with E-state index in [1.165, 1.54) is 12.5 Å². The minimum atomic E-state index is -0.381. The van der Waals surface area contributed by atoms with Crippen LogP contribution in [0.3, 0.4) is 0 Å². The molecule has 9 heteroatoms. The lowest BCUT2D eigenvalue weighted by Crippen LogP contribution is -2.41. The Bertz CT molecular complexity index is 1080. The summed E-state index contributed by atoms with van der Waals surface area (Å²) in [5, 5.41) is 4.09. The molecule has 0 spiro atoms. The van der Waals surface area contributed by atoms with Crippen molar-refractivity contribution in [2.75, 3.05) is 44.9 Å². The van der Waals surface area contributed by atoms with Gasteiger partial charge in [-0.2, -0.15) is 4.98 Å². The number of piperidine rings is 1. The van der Waals surface area contributed by atoms with Crippen LogP contribution in [0, 0.1) is 23.6 Å². The van der Waals surface area contributed by atoms with E-state index in [0.29, 0.717) is 43.1 Å². The highest BCUT2D eigenvalue weighted by atomic mass is 19.1. The van der Waals surface area contributed by atoms with Crippen molar-refractivity contribution in [3.8, 4) is 5.75 Å². The maximum atomic E-state index is 14.7. The zero-order chi connectivity index (χ0) is 26.6. The van der Waals surface area contributed by atoms with Crippen LogP contribution in [0.2, 0.25) is 0 Å². The van der Waals surface area contributed by atoms with E-state index in [0.717, 1.165) is 62.9 Å². The van der Waals surface area contributed by atoms with E-state index in [2.05, 4.69) is 28.9 Å². The lowest BCUT2D eigenvalue weighted by molar-refractivity contribution is -0.132. The zero-order valence-electron chi connectivity index (χ0n) is 22.9. The Morgan fingerprint density at radius 3 is 2.66 bits per heavy atom. The number of likely N-dealkylation sites (N-methyl/N-ethyl adjacent to an activating group) is 1. The molecule has 3 heterocycles. The summed E-state index contributed by atoms with van der Waals surface area (Å²) in [7, 11) is 1.80. The van der Waals surface area contributed by atoms with Gasteiger partial charge in [0.1, 0.15) is 11.6 Å². The predicted octanol–water partition coefficient (Wildman–Crippen LogP) is 4.83. The zero-order valence-corrected chi connectivity index (χ0v) is 22.9. The van der Waals surface area contributed by atoms with Gasteiger partial charge in [-0.3, -0.25) is 4.79 Å². The Balaban J connectivity index is 1.01. The summed E-state index contributed by atoms with van der Waals surface area (Å²) in [6, 6.07) is 5.70. The van der Waals surface area contributed by atoms with Crippen LogP contribution in [0.5, 0.6) is 5.75 Å². The van der Waals surface area contributed by atoms with E-state index in [-0.39, 0.29) is 30.1 Å². The maximum absolute atomic E-state index is 14.7. The van der Waals surface area contributed by atoms with Crippen LogP contribution in [0.15, 0.2) is 22.7 Å². The predicted molar refractivity (Wildman–Crippen MR) is 142 cm³/mol. The summed E-state index contributed by atoms with van der Waals surface area (Å²) in [5.74, 6) is 3.30. The molecule has 3 aliphatic rings. The SMILES string of the molecule is CC(C)c1noc(N2CCC(C3CC3CCOc3ccc(CC(=O)N(C)C4CCOCC4)c(F)c3)CC2)n1. The first kappa shape index (κ1) is 26.9. The van der Waals surface area contributed by atoms with E-state index < -0.39 is 0 Å². The second-order valence-corrected chi connectivity index (χ2v) is 11.5. The normalized spacial score (nSPS) is 22.6. The van der Waals surface area contributed by atoms with Gasteiger partial charge in [0.2, 0.25) is 5.91 Å². The summed E-state index contributed by atoms with van der Waals surface area (Å²) in [5.41, 5.74) is 0.413. The molecule has 38 heavy (non-hydrogen) atoms. The van der Waals surface area contributed by atoms with Crippen LogP contribution >= 0.6 is 0 Å². The third-order valence-corrected chi connectivity index (χ3v) is 8.60. The molecule has 0 bridgehead atoms. The summed E-state index contributed by atoms with van der Waals surface area (Å²) < 4.78 is 31.4. The Morgan fingerprint density at radius 1 is 1.21 bits per heavy atom. The first-order chi connectivity index (χ1) is 18.4. The average Bonchev–Trinajstić information content (AvgIpc) is 3.52. The third kappa shape index (κ3) is 6.47. The van der Waals surface area contributed by atoms with Crippen LogP contribution in [-0.2, 0) is 16.0 Å². The van der Waals surface area contributed by atoms with Gasteiger partial charge in [0.15, 0.2) is 5.82 Å².